The van der Waals surface area contributed by atoms with Crippen LogP contribution in [-0.2, 0) is 6.54 Å². The lowest BCUT2D eigenvalue weighted by Gasteiger charge is -2.12. The molecule has 2 heterocycles. The molecule has 0 atom stereocenters. The second-order valence-electron chi connectivity index (χ2n) is 6.16. The largest absolute Gasteiger partial charge is 0.490 e. The first-order valence-corrected chi connectivity index (χ1v) is 9.02. The molecule has 0 bridgehead atoms. The van der Waals surface area contributed by atoms with Gasteiger partial charge in [0.05, 0.1) is 19.4 Å². The van der Waals surface area contributed by atoms with E-state index in [0.717, 1.165) is 17.0 Å². The van der Waals surface area contributed by atoms with Crippen LogP contribution in [0.4, 0.5) is 0 Å². The maximum atomic E-state index is 12.6. The van der Waals surface area contributed by atoms with E-state index in [1.165, 1.54) is 0 Å². The number of nitrogens with zero attached hydrogens (tertiary/aromatic N) is 3. The Morgan fingerprint density at radius 1 is 1.11 bits per heavy atom. The van der Waals surface area contributed by atoms with Crippen molar-refractivity contribution in [3.8, 4) is 11.5 Å². The molecule has 3 rings (SSSR count). The van der Waals surface area contributed by atoms with Gasteiger partial charge in [0.2, 0.25) is 0 Å². The predicted molar refractivity (Wildman–Crippen MR) is 102 cm³/mol. The van der Waals surface area contributed by atoms with E-state index in [-0.39, 0.29) is 5.91 Å². The van der Waals surface area contributed by atoms with Crippen molar-refractivity contribution in [1.82, 2.24) is 19.9 Å². The van der Waals surface area contributed by atoms with Gasteiger partial charge in [-0.2, -0.15) is 5.10 Å². The van der Waals surface area contributed by atoms with Crippen LogP contribution in [-0.4, -0.2) is 33.7 Å². The average molecular weight is 368 g/mol. The van der Waals surface area contributed by atoms with E-state index in [2.05, 4.69) is 15.4 Å². The van der Waals surface area contributed by atoms with Crippen molar-refractivity contribution in [2.45, 2.75) is 34.2 Å². The minimum atomic E-state index is -0.214. The third kappa shape index (κ3) is 4.02. The summed E-state index contributed by atoms with van der Waals surface area (Å²) in [5.41, 5.74) is 3.73. The molecule has 1 N–H and O–H groups in total. The average Bonchev–Trinajstić information content (AvgIpc) is 3.06. The molecule has 0 aliphatic carbocycles. The SMILES string of the molecule is CCOc1ccc(CNC(=O)c2cnn3c(C)cc(C)nc23)cc1OCC. The Labute approximate surface area is 158 Å². The van der Waals surface area contributed by atoms with E-state index in [1.807, 2.05) is 52.0 Å². The zero-order valence-electron chi connectivity index (χ0n) is 16.1. The molecule has 3 aromatic rings. The lowest BCUT2D eigenvalue weighted by Crippen LogP contribution is -2.23. The van der Waals surface area contributed by atoms with E-state index < -0.39 is 0 Å². The second-order valence-corrected chi connectivity index (χ2v) is 6.16. The van der Waals surface area contributed by atoms with Crippen LogP contribution in [0.3, 0.4) is 0 Å². The Morgan fingerprint density at radius 2 is 1.85 bits per heavy atom. The lowest BCUT2D eigenvalue weighted by atomic mass is 10.2. The van der Waals surface area contributed by atoms with E-state index in [9.17, 15) is 4.79 Å². The second kappa shape index (κ2) is 8.07. The van der Waals surface area contributed by atoms with Gasteiger partial charge in [0, 0.05) is 17.9 Å². The van der Waals surface area contributed by atoms with E-state index in [4.69, 9.17) is 9.47 Å². The number of amides is 1. The van der Waals surface area contributed by atoms with Gasteiger partial charge in [-0.25, -0.2) is 9.50 Å². The van der Waals surface area contributed by atoms with Crippen molar-refractivity contribution in [2.75, 3.05) is 13.2 Å². The molecule has 0 aliphatic rings. The van der Waals surface area contributed by atoms with Crippen LogP contribution in [0, 0.1) is 13.8 Å². The number of fused-ring (bicyclic) bond motifs is 1. The summed E-state index contributed by atoms with van der Waals surface area (Å²) < 4.78 is 12.9. The van der Waals surface area contributed by atoms with Gasteiger partial charge in [0.15, 0.2) is 17.1 Å². The monoisotopic (exact) mass is 368 g/mol. The summed E-state index contributed by atoms with van der Waals surface area (Å²) in [6, 6.07) is 7.59. The topological polar surface area (TPSA) is 77.8 Å². The number of nitrogens with one attached hydrogen (secondary N) is 1. The van der Waals surface area contributed by atoms with Crippen LogP contribution in [0.5, 0.6) is 11.5 Å². The van der Waals surface area contributed by atoms with Crippen LogP contribution >= 0.6 is 0 Å². The van der Waals surface area contributed by atoms with Crippen molar-refractivity contribution >= 4 is 11.6 Å². The van der Waals surface area contributed by atoms with Gasteiger partial charge in [0.1, 0.15) is 5.56 Å². The molecule has 1 aromatic carbocycles. The molecule has 0 aliphatic heterocycles. The molecule has 2 aromatic heterocycles. The number of ether oxygens (including phenoxy) is 2. The van der Waals surface area contributed by atoms with Crippen molar-refractivity contribution in [3.05, 3.63) is 53.0 Å². The number of rotatable bonds is 7. The maximum Gasteiger partial charge on any atom is 0.257 e. The zero-order valence-corrected chi connectivity index (χ0v) is 16.1. The fraction of sp³-hybridized carbons (Fsp3) is 0.350. The molecule has 0 unspecified atom stereocenters. The number of carbonyl (C=O) groups is 1. The molecule has 7 nitrogen and oxygen atoms in total. The van der Waals surface area contributed by atoms with Crippen molar-refractivity contribution in [2.24, 2.45) is 0 Å². The molecule has 0 saturated carbocycles. The van der Waals surface area contributed by atoms with Crippen LogP contribution < -0.4 is 14.8 Å². The van der Waals surface area contributed by atoms with E-state index in [1.54, 1.807) is 10.7 Å². The van der Waals surface area contributed by atoms with Crippen LogP contribution in [0.25, 0.3) is 5.65 Å². The van der Waals surface area contributed by atoms with Crippen LogP contribution in [0.1, 0.15) is 41.2 Å². The van der Waals surface area contributed by atoms with Crippen LogP contribution in [0.2, 0.25) is 0 Å². The number of carbonyl (C=O) groups excluding carboxylic acids is 1. The Balaban J connectivity index is 1.77. The number of hydrogen-bond donors (Lipinski definition) is 1. The summed E-state index contributed by atoms with van der Waals surface area (Å²) in [7, 11) is 0. The highest BCUT2D eigenvalue weighted by atomic mass is 16.5. The number of benzene rings is 1. The zero-order chi connectivity index (χ0) is 19.4. The van der Waals surface area contributed by atoms with E-state index in [0.29, 0.717) is 42.5 Å². The Hall–Kier alpha value is -3.09. The van der Waals surface area contributed by atoms with Gasteiger partial charge in [0.25, 0.3) is 5.91 Å². The van der Waals surface area contributed by atoms with Crippen molar-refractivity contribution < 1.29 is 14.3 Å². The van der Waals surface area contributed by atoms with Gasteiger partial charge in [-0.15, -0.1) is 0 Å². The predicted octanol–water partition coefficient (Wildman–Crippen LogP) is 3.07. The van der Waals surface area contributed by atoms with Gasteiger partial charge in [-0.1, -0.05) is 6.07 Å². The third-order valence-electron chi connectivity index (χ3n) is 4.08. The highest BCUT2D eigenvalue weighted by Crippen LogP contribution is 2.28. The van der Waals surface area contributed by atoms with Crippen LogP contribution in [0.15, 0.2) is 30.5 Å². The highest BCUT2D eigenvalue weighted by molar-refractivity contribution is 5.99. The van der Waals surface area contributed by atoms with Crippen molar-refractivity contribution in [3.63, 3.8) is 0 Å². The molecular formula is C20H24N4O3. The first-order valence-electron chi connectivity index (χ1n) is 9.02. The molecule has 1 amide bonds. The molecule has 27 heavy (non-hydrogen) atoms. The molecule has 0 saturated heterocycles. The summed E-state index contributed by atoms with van der Waals surface area (Å²) in [6.45, 7) is 9.17. The summed E-state index contributed by atoms with van der Waals surface area (Å²) in [5, 5.41) is 7.19. The first kappa shape index (κ1) is 18.7. The standard InChI is InChI=1S/C20H24N4O3/c1-5-26-17-8-7-15(10-18(17)27-6-2)11-21-20(25)16-12-22-24-14(4)9-13(3)23-19(16)24/h7-10,12H,5-6,11H2,1-4H3,(H,21,25). The Kier molecular flexibility index (Phi) is 5.59. The van der Waals surface area contributed by atoms with Gasteiger partial charge >= 0.3 is 0 Å². The number of hydrogen-bond acceptors (Lipinski definition) is 5. The Bertz CT molecular complexity index is 965. The van der Waals surface area contributed by atoms with Gasteiger partial charge in [-0.05, 0) is 51.5 Å². The van der Waals surface area contributed by atoms with E-state index >= 15 is 0 Å². The quantitative estimate of drug-likeness (QED) is 0.693. The van der Waals surface area contributed by atoms with Crippen molar-refractivity contribution in [1.29, 1.82) is 0 Å². The number of aromatic nitrogens is 3. The molecule has 142 valence electrons. The smallest absolute Gasteiger partial charge is 0.257 e. The molecular weight excluding hydrogens is 344 g/mol. The lowest BCUT2D eigenvalue weighted by molar-refractivity contribution is 0.0952. The molecule has 0 radical (unpaired) electrons. The molecule has 0 fully saturated rings. The highest BCUT2D eigenvalue weighted by Gasteiger charge is 2.15. The summed E-state index contributed by atoms with van der Waals surface area (Å²) >= 11 is 0. The van der Waals surface area contributed by atoms with Gasteiger partial charge < -0.3 is 14.8 Å². The Morgan fingerprint density at radius 3 is 2.59 bits per heavy atom. The fourth-order valence-electron chi connectivity index (χ4n) is 2.91. The first-order chi connectivity index (χ1) is 13.0. The maximum absolute atomic E-state index is 12.6. The number of aryl methyl sites for hydroxylation is 2. The fourth-order valence-corrected chi connectivity index (χ4v) is 2.91. The minimum absolute atomic E-state index is 0.214. The third-order valence-corrected chi connectivity index (χ3v) is 4.08. The summed E-state index contributed by atoms with van der Waals surface area (Å²) in [6.07, 6.45) is 1.55. The summed E-state index contributed by atoms with van der Waals surface area (Å²) in [5.74, 6) is 1.16. The minimum Gasteiger partial charge on any atom is -0.490 e. The van der Waals surface area contributed by atoms with Gasteiger partial charge in [-0.3, -0.25) is 4.79 Å². The summed E-state index contributed by atoms with van der Waals surface area (Å²) in [4.78, 5) is 17.1. The normalized spacial score (nSPS) is 10.8. The molecule has 0 spiro atoms. The molecule has 7 heteroatoms.